The van der Waals surface area contributed by atoms with Crippen molar-refractivity contribution in [2.75, 3.05) is 17.9 Å². The summed E-state index contributed by atoms with van der Waals surface area (Å²) in [7, 11) is -4.50. The number of hydrogen-bond donors (Lipinski definition) is 1. The van der Waals surface area contributed by atoms with E-state index in [1.165, 1.54) is 0 Å². The van der Waals surface area contributed by atoms with Crippen molar-refractivity contribution in [1.82, 2.24) is 0 Å². The van der Waals surface area contributed by atoms with Crippen molar-refractivity contribution in [2.24, 2.45) is 0 Å². The smallest absolute Gasteiger partial charge is 0.422 e. The minimum absolute atomic E-state index is 0.497. The molecule has 0 aliphatic heterocycles. The molecule has 0 spiro atoms. The van der Waals surface area contributed by atoms with Crippen molar-refractivity contribution in [3.8, 4) is 11.5 Å². The molecule has 1 N–H and O–H groups in total. The summed E-state index contributed by atoms with van der Waals surface area (Å²) in [6.07, 6.45) is -9.54. The standard InChI is InChI=1S/C16H12F6N2O6S/c17-15(18,19)8-29-12-4-10(5-13(7-12)30-9-16(20,21)22)23-31(27,28)14-3-1-2-11(6-14)24(25)26/h1-7,23H,8-9H2. The molecule has 0 saturated carbocycles. The average molecular weight is 474 g/mol. The van der Waals surface area contributed by atoms with Gasteiger partial charge in [0.15, 0.2) is 13.2 Å². The first-order chi connectivity index (χ1) is 14.1. The molecule has 0 aliphatic carbocycles. The lowest BCUT2D eigenvalue weighted by molar-refractivity contribution is -0.385. The third-order valence-electron chi connectivity index (χ3n) is 3.28. The fourth-order valence-electron chi connectivity index (χ4n) is 2.11. The molecule has 0 saturated heterocycles. The second-order valence-corrected chi connectivity index (χ2v) is 7.54. The Morgan fingerprint density at radius 3 is 1.87 bits per heavy atom. The van der Waals surface area contributed by atoms with E-state index >= 15 is 0 Å². The minimum Gasteiger partial charge on any atom is -0.484 e. The molecule has 2 aromatic carbocycles. The zero-order valence-electron chi connectivity index (χ0n) is 15.0. The van der Waals surface area contributed by atoms with Gasteiger partial charge in [0.2, 0.25) is 0 Å². The Morgan fingerprint density at radius 2 is 1.42 bits per heavy atom. The second kappa shape index (κ2) is 8.87. The van der Waals surface area contributed by atoms with Crippen LogP contribution < -0.4 is 14.2 Å². The fourth-order valence-corrected chi connectivity index (χ4v) is 3.19. The SMILES string of the molecule is O=[N+]([O-])c1cccc(S(=O)(=O)Nc2cc(OCC(F)(F)F)cc(OCC(F)(F)F)c2)c1. The van der Waals surface area contributed by atoms with E-state index in [1.807, 2.05) is 4.72 Å². The number of nitro benzene ring substituents is 1. The first-order valence-electron chi connectivity index (χ1n) is 7.96. The minimum atomic E-state index is -4.77. The predicted molar refractivity (Wildman–Crippen MR) is 93.4 cm³/mol. The molecule has 0 unspecified atom stereocenters. The van der Waals surface area contributed by atoms with Crippen LogP contribution in [0.15, 0.2) is 47.4 Å². The highest BCUT2D eigenvalue weighted by Crippen LogP contribution is 2.31. The van der Waals surface area contributed by atoms with E-state index in [4.69, 9.17) is 0 Å². The van der Waals surface area contributed by atoms with E-state index in [9.17, 15) is 44.9 Å². The number of non-ortho nitro benzene ring substituents is 1. The van der Waals surface area contributed by atoms with E-state index in [-0.39, 0.29) is 0 Å². The van der Waals surface area contributed by atoms with Crippen LogP contribution in [0.4, 0.5) is 37.7 Å². The summed E-state index contributed by atoms with van der Waals surface area (Å²) in [5.41, 5.74) is -1.05. The first-order valence-corrected chi connectivity index (χ1v) is 9.44. The van der Waals surface area contributed by atoms with Crippen LogP contribution in [-0.2, 0) is 10.0 Å². The first kappa shape index (κ1) is 24.0. The van der Waals surface area contributed by atoms with Gasteiger partial charge < -0.3 is 9.47 Å². The Morgan fingerprint density at radius 1 is 0.903 bits per heavy atom. The second-order valence-electron chi connectivity index (χ2n) is 5.86. The summed E-state index contributed by atoms with van der Waals surface area (Å²) in [4.78, 5) is 9.39. The van der Waals surface area contributed by atoms with Gasteiger partial charge in [-0.25, -0.2) is 8.42 Å². The molecular weight excluding hydrogens is 462 g/mol. The van der Waals surface area contributed by atoms with Gasteiger partial charge in [0, 0.05) is 30.3 Å². The van der Waals surface area contributed by atoms with Crippen LogP contribution in [0.2, 0.25) is 0 Å². The van der Waals surface area contributed by atoms with Crippen LogP contribution in [0.3, 0.4) is 0 Å². The molecule has 0 heterocycles. The molecule has 0 bridgehead atoms. The van der Waals surface area contributed by atoms with Gasteiger partial charge in [-0.2, -0.15) is 26.3 Å². The number of alkyl halides is 6. The summed E-state index contributed by atoms with van der Waals surface area (Å²) in [5, 5.41) is 10.8. The van der Waals surface area contributed by atoms with Gasteiger partial charge in [-0.15, -0.1) is 0 Å². The summed E-state index contributed by atoms with van der Waals surface area (Å²) in [5.74, 6) is -1.26. The molecule has 0 atom stereocenters. The van der Waals surface area contributed by atoms with E-state index in [1.54, 1.807) is 0 Å². The molecule has 170 valence electrons. The number of sulfonamides is 1. The fraction of sp³-hybridized carbons (Fsp3) is 0.250. The Balaban J connectivity index is 2.36. The zero-order valence-corrected chi connectivity index (χ0v) is 15.8. The van der Waals surface area contributed by atoms with Crippen LogP contribution in [0.5, 0.6) is 11.5 Å². The molecule has 2 rings (SSSR count). The van der Waals surface area contributed by atoms with Crippen molar-refractivity contribution in [1.29, 1.82) is 0 Å². The quantitative estimate of drug-likeness (QED) is 0.348. The Hall–Kier alpha value is -3.23. The molecule has 2 aromatic rings. The van der Waals surface area contributed by atoms with Crippen molar-refractivity contribution in [2.45, 2.75) is 17.2 Å². The molecule has 0 aromatic heterocycles. The number of ether oxygens (including phenoxy) is 2. The van der Waals surface area contributed by atoms with Crippen LogP contribution in [-0.4, -0.2) is 38.9 Å². The number of benzene rings is 2. The number of nitrogens with one attached hydrogen (secondary N) is 1. The molecule has 15 heteroatoms. The maximum Gasteiger partial charge on any atom is 0.422 e. The topological polar surface area (TPSA) is 108 Å². The summed E-state index contributed by atoms with van der Waals surface area (Å²) >= 11 is 0. The highest BCUT2D eigenvalue weighted by atomic mass is 32.2. The van der Waals surface area contributed by atoms with Crippen molar-refractivity contribution >= 4 is 21.4 Å². The zero-order chi connectivity index (χ0) is 23.4. The van der Waals surface area contributed by atoms with Crippen LogP contribution in [0.1, 0.15) is 0 Å². The van der Waals surface area contributed by atoms with E-state index < -0.39 is 68.3 Å². The Bertz CT molecular complexity index is 1020. The van der Waals surface area contributed by atoms with Crippen molar-refractivity contribution in [3.63, 3.8) is 0 Å². The van der Waals surface area contributed by atoms with Gasteiger partial charge in [-0.1, -0.05) is 6.07 Å². The molecule has 8 nitrogen and oxygen atoms in total. The van der Waals surface area contributed by atoms with Gasteiger partial charge in [0.1, 0.15) is 11.5 Å². The van der Waals surface area contributed by atoms with Gasteiger partial charge in [-0.05, 0) is 6.07 Å². The van der Waals surface area contributed by atoms with Gasteiger partial charge in [0.05, 0.1) is 15.5 Å². The Labute approximate surface area is 170 Å². The summed E-state index contributed by atoms with van der Waals surface area (Å²) < 4.78 is 110. The normalized spacial score (nSPS) is 12.3. The highest BCUT2D eigenvalue weighted by molar-refractivity contribution is 7.92. The van der Waals surface area contributed by atoms with E-state index in [0.29, 0.717) is 12.1 Å². The van der Waals surface area contributed by atoms with Crippen molar-refractivity contribution in [3.05, 3.63) is 52.6 Å². The maximum absolute atomic E-state index is 12.5. The lowest BCUT2D eigenvalue weighted by Gasteiger charge is -2.15. The largest absolute Gasteiger partial charge is 0.484 e. The van der Waals surface area contributed by atoms with Crippen molar-refractivity contribution < 1.29 is 49.2 Å². The van der Waals surface area contributed by atoms with Crippen LogP contribution >= 0.6 is 0 Å². The maximum atomic E-state index is 12.5. The number of hydrogen-bond acceptors (Lipinski definition) is 6. The molecule has 0 radical (unpaired) electrons. The highest BCUT2D eigenvalue weighted by Gasteiger charge is 2.30. The van der Waals surface area contributed by atoms with E-state index in [0.717, 1.165) is 30.3 Å². The third-order valence-corrected chi connectivity index (χ3v) is 4.65. The molecular formula is C16H12F6N2O6S. The summed E-state index contributed by atoms with van der Waals surface area (Å²) in [6, 6.07) is 6.08. The lowest BCUT2D eigenvalue weighted by atomic mass is 10.3. The molecule has 0 aliphatic rings. The number of halogens is 6. The molecule has 0 fully saturated rings. The van der Waals surface area contributed by atoms with Gasteiger partial charge in [0.25, 0.3) is 15.7 Å². The monoisotopic (exact) mass is 474 g/mol. The number of nitro groups is 1. The molecule has 0 amide bonds. The Kier molecular flexibility index (Phi) is 6.88. The van der Waals surface area contributed by atoms with Gasteiger partial charge in [-0.3, -0.25) is 14.8 Å². The number of nitrogens with zero attached hydrogens (tertiary/aromatic N) is 1. The van der Waals surface area contributed by atoms with Crippen LogP contribution in [0.25, 0.3) is 0 Å². The predicted octanol–water partition coefficient (Wildman–Crippen LogP) is 4.28. The lowest BCUT2D eigenvalue weighted by Crippen LogP contribution is -2.20. The molecule has 31 heavy (non-hydrogen) atoms. The van der Waals surface area contributed by atoms with Crippen LogP contribution in [0, 0.1) is 10.1 Å². The third kappa shape index (κ3) is 7.84. The average Bonchev–Trinajstić information content (AvgIpc) is 2.63. The van der Waals surface area contributed by atoms with Gasteiger partial charge >= 0.3 is 12.4 Å². The number of rotatable bonds is 8. The summed E-state index contributed by atoms with van der Waals surface area (Å²) in [6.45, 7) is -3.60. The van der Waals surface area contributed by atoms with E-state index in [2.05, 4.69) is 9.47 Å². The number of anilines is 1.